The topological polar surface area (TPSA) is 64.4 Å². The smallest absolute Gasteiger partial charge is 0.349 e. The zero-order chi connectivity index (χ0) is 25.0. The maximum atomic E-state index is 12.4. The van der Waals surface area contributed by atoms with Crippen LogP contribution in [-0.4, -0.2) is 4.98 Å². The molecule has 2 aromatic heterocycles. The number of thiophene rings is 1. The van der Waals surface area contributed by atoms with Crippen LogP contribution < -0.4 is 15.7 Å². The molecule has 1 N–H and O–H groups in total. The lowest BCUT2D eigenvalue weighted by atomic mass is 10.0. The molecule has 190 valence electrons. The number of nitrogens with one attached hydrogen (secondary N) is 1. The second kappa shape index (κ2) is 13.8. The Bertz CT molecular complexity index is 1270. The van der Waals surface area contributed by atoms with Crippen LogP contribution in [0.4, 0.5) is 11.7 Å². The van der Waals surface area contributed by atoms with E-state index in [1.54, 1.807) is 6.07 Å². The molecule has 36 heavy (non-hydrogen) atoms. The highest BCUT2D eigenvalue weighted by Gasteiger charge is 2.15. The Kier molecular flexibility index (Phi) is 9.97. The number of aromatic nitrogens is 1. The van der Waals surface area contributed by atoms with Crippen molar-refractivity contribution in [2.45, 2.75) is 77.6 Å². The number of unbranched alkanes of at least 4 members (excludes halogenated alkanes) is 9. The average molecular weight is 505 g/mol. The molecule has 4 aromatic rings. The number of fused-ring (bicyclic) bond motifs is 1. The van der Waals surface area contributed by atoms with E-state index in [2.05, 4.69) is 23.3 Å². The zero-order valence-corrected chi connectivity index (χ0v) is 21.9. The van der Waals surface area contributed by atoms with Crippen molar-refractivity contribution in [3.8, 4) is 11.5 Å². The first-order valence-corrected chi connectivity index (χ1v) is 14.1. The van der Waals surface area contributed by atoms with Gasteiger partial charge in [0.25, 0.3) is 0 Å². The summed E-state index contributed by atoms with van der Waals surface area (Å²) in [5.41, 5.74) is 1.53. The van der Waals surface area contributed by atoms with Crippen molar-refractivity contribution >= 4 is 33.3 Å². The van der Waals surface area contributed by atoms with Gasteiger partial charge in [-0.15, -0.1) is 11.3 Å². The molecule has 2 heterocycles. The lowest BCUT2D eigenvalue weighted by molar-refractivity contribution is 0.481. The maximum absolute atomic E-state index is 12.4. The van der Waals surface area contributed by atoms with E-state index in [-0.39, 0.29) is 11.6 Å². The summed E-state index contributed by atoms with van der Waals surface area (Å²) in [5.74, 6) is 1.43. The summed E-state index contributed by atoms with van der Waals surface area (Å²) >= 11 is 1.42. The summed E-state index contributed by atoms with van der Waals surface area (Å²) in [7, 11) is 0. The largest absolute Gasteiger partial charge is 0.455 e. The Morgan fingerprint density at radius 3 is 2.33 bits per heavy atom. The van der Waals surface area contributed by atoms with Crippen LogP contribution in [-0.2, 0) is 6.42 Å². The number of hydrogen-bond acceptors (Lipinski definition) is 6. The molecule has 5 nitrogen and oxygen atoms in total. The SMILES string of the molecule is CCCCCCCCCCCCc1cccc(Oc2ccccc2)c1Nc1nc2sccc2c(=O)o1. The normalized spacial score (nSPS) is 11.1. The standard InChI is InChI=1S/C30H36N2O3S/c1-2-3-4-5-6-7-8-9-10-12-16-23-17-15-20-26(34-24-18-13-11-14-19-24)27(23)31-30-32-28-25(21-22-36-28)29(33)35-30/h11,13-15,17-22H,2-10,12,16H2,1H3,(H,31,32). The molecule has 0 bridgehead atoms. The van der Waals surface area contributed by atoms with E-state index in [4.69, 9.17) is 9.15 Å². The van der Waals surface area contributed by atoms with E-state index < -0.39 is 0 Å². The number of rotatable bonds is 15. The van der Waals surface area contributed by atoms with Gasteiger partial charge in [0, 0.05) is 0 Å². The fourth-order valence-corrected chi connectivity index (χ4v) is 5.14. The molecule has 0 radical (unpaired) electrons. The van der Waals surface area contributed by atoms with E-state index in [0.717, 1.165) is 29.8 Å². The van der Waals surface area contributed by atoms with Gasteiger partial charge in [-0.05, 0) is 48.1 Å². The second-order valence-corrected chi connectivity index (χ2v) is 10.1. The minimum absolute atomic E-state index is 0.184. The van der Waals surface area contributed by atoms with E-state index in [9.17, 15) is 4.79 Å². The number of benzene rings is 2. The minimum atomic E-state index is -0.388. The molecule has 6 heteroatoms. The Labute approximate surface area is 217 Å². The second-order valence-electron chi connectivity index (χ2n) is 9.21. The van der Waals surface area contributed by atoms with Gasteiger partial charge in [-0.25, -0.2) is 4.79 Å². The number of para-hydroxylation sites is 2. The fourth-order valence-electron chi connectivity index (χ4n) is 4.39. The number of anilines is 2. The van der Waals surface area contributed by atoms with Crippen molar-refractivity contribution < 1.29 is 9.15 Å². The van der Waals surface area contributed by atoms with E-state index in [1.807, 2.05) is 47.8 Å². The third kappa shape index (κ3) is 7.44. The van der Waals surface area contributed by atoms with Crippen LogP contribution >= 0.6 is 11.3 Å². The van der Waals surface area contributed by atoms with Gasteiger partial charge in [0.15, 0.2) is 5.75 Å². The molecule has 2 aromatic carbocycles. The first-order chi connectivity index (χ1) is 17.7. The first-order valence-electron chi connectivity index (χ1n) is 13.2. The van der Waals surface area contributed by atoms with Crippen molar-refractivity contribution in [2.24, 2.45) is 0 Å². The quantitative estimate of drug-likeness (QED) is 0.163. The Morgan fingerprint density at radius 2 is 1.58 bits per heavy atom. The summed E-state index contributed by atoms with van der Waals surface area (Å²) in [6.07, 6.45) is 13.9. The third-order valence-corrected chi connectivity index (χ3v) is 7.18. The molecule has 0 aliphatic heterocycles. The van der Waals surface area contributed by atoms with Crippen molar-refractivity contribution in [3.63, 3.8) is 0 Å². The number of nitrogens with zero attached hydrogens (tertiary/aromatic N) is 1. The maximum Gasteiger partial charge on any atom is 0.349 e. The number of ether oxygens (including phenoxy) is 1. The summed E-state index contributed by atoms with van der Waals surface area (Å²) in [6, 6.07) is 17.7. The Hall–Kier alpha value is -3.12. The van der Waals surface area contributed by atoms with E-state index >= 15 is 0 Å². The van der Waals surface area contributed by atoms with Crippen LogP contribution in [0.2, 0.25) is 0 Å². The average Bonchev–Trinajstić information content (AvgIpc) is 3.37. The van der Waals surface area contributed by atoms with Crippen LogP contribution in [0.5, 0.6) is 11.5 Å². The minimum Gasteiger partial charge on any atom is -0.455 e. The highest BCUT2D eigenvalue weighted by Crippen LogP contribution is 2.35. The van der Waals surface area contributed by atoms with E-state index in [1.165, 1.54) is 69.1 Å². The van der Waals surface area contributed by atoms with Gasteiger partial charge in [0.2, 0.25) is 0 Å². The summed E-state index contributed by atoms with van der Waals surface area (Å²) in [4.78, 5) is 17.6. The van der Waals surface area contributed by atoms with Gasteiger partial charge in [0.1, 0.15) is 10.6 Å². The van der Waals surface area contributed by atoms with Crippen LogP contribution in [0.3, 0.4) is 0 Å². The van der Waals surface area contributed by atoms with Crippen LogP contribution in [0.15, 0.2) is 69.2 Å². The van der Waals surface area contributed by atoms with Crippen molar-refractivity contribution in [2.75, 3.05) is 5.32 Å². The van der Waals surface area contributed by atoms with Gasteiger partial charge in [-0.1, -0.05) is 95.0 Å². The van der Waals surface area contributed by atoms with Gasteiger partial charge < -0.3 is 14.5 Å². The molecular weight excluding hydrogens is 468 g/mol. The summed E-state index contributed by atoms with van der Waals surface area (Å²) in [5, 5.41) is 5.63. The Balaban J connectivity index is 1.43. The van der Waals surface area contributed by atoms with Crippen LogP contribution in [0, 0.1) is 0 Å². The molecule has 0 saturated carbocycles. The van der Waals surface area contributed by atoms with Crippen molar-refractivity contribution in [3.05, 3.63) is 76.0 Å². The van der Waals surface area contributed by atoms with Gasteiger partial charge in [0.05, 0.1) is 11.1 Å². The van der Waals surface area contributed by atoms with Crippen molar-refractivity contribution in [1.29, 1.82) is 0 Å². The van der Waals surface area contributed by atoms with Crippen LogP contribution in [0.25, 0.3) is 10.2 Å². The monoisotopic (exact) mass is 504 g/mol. The highest BCUT2D eigenvalue weighted by atomic mass is 32.1. The summed E-state index contributed by atoms with van der Waals surface area (Å²) in [6.45, 7) is 2.26. The predicted octanol–water partition coefficient (Wildman–Crippen LogP) is 9.25. The predicted molar refractivity (Wildman–Crippen MR) is 150 cm³/mol. The fraction of sp³-hybridized carbons (Fsp3) is 0.400. The molecular formula is C30H36N2O3S. The molecule has 0 aliphatic rings. The van der Waals surface area contributed by atoms with Gasteiger partial charge in [-0.3, -0.25) is 0 Å². The lowest BCUT2D eigenvalue weighted by Gasteiger charge is -2.16. The molecule has 0 atom stereocenters. The van der Waals surface area contributed by atoms with Crippen LogP contribution in [0.1, 0.15) is 76.7 Å². The molecule has 0 saturated heterocycles. The van der Waals surface area contributed by atoms with Gasteiger partial charge >= 0.3 is 11.6 Å². The highest BCUT2D eigenvalue weighted by molar-refractivity contribution is 7.16. The van der Waals surface area contributed by atoms with Gasteiger partial charge in [-0.2, -0.15) is 4.98 Å². The third-order valence-electron chi connectivity index (χ3n) is 6.37. The molecule has 0 amide bonds. The molecule has 0 aliphatic carbocycles. The molecule has 0 fully saturated rings. The van der Waals surface area contributed by atoms with E-state index in [0.29, 0.717) is 16.0 Å². The van der Waals surface area contributed by atoms with Crippen molar-refractivity contribution in [1.82, 2.24) is 4.98 Å². The number of hydrogen-bond donors (Lipinski definition) is 1. The number of aryl methyl sites for hydroxylation is 1. The molecule has 0 unspecified atom stereocenters. The molecule has 0 spiro atoms. The lowest BCUT2D eigenvalue weighted by Crippen LogP contribution is -2.06. The molecule has 4 rings (SSSR count). The zero-order valence-electron chi connectivity index (χ0n) is 21.1. The Morgan fingerprint density at radius 1 is 0.861 bits per heavy atom. The first kappa shape index (κ1) is 26.0. The summed E-state index contributed by atoms with van der Waals surface area (Å²) < 4.78 is 11.7.